The number of carbonyl (C=O) groups excluding carboxylic acids is 1. The van der Waals surface area contributed by atoms with Gasteiger partial charge in [0.05, 0.1) is 4.90 Å². The average molecular weight is 465 g/mol. The van der Waals surface area contributed by atoms with E-state index in [-0.39, 0.29) is 43.5 Å². The van der Waals surface area contributed by atoms with Crippen molar-refractivity contribution in [2.75, 3.05) is 26.2 Å². The van der Waals surface area contributed by atoms with Crippen molar-refractivity contribution in [2.24, 2.45) is 0 Å². The van der Waals surface area contributed by atoms with Crippen LogP contribution in [0.3, 0.4) is 0 Å². The summed E-state index contributed by atoms with van der Waals surface area (Å²) in [6, 6.07) is 11.6. The lowest BCUT2D eigenvalue weighted by Crippen LogP contribution is -2.51. The van der Waals surface area contributed by atoms with Gasteiger partial charge < -0.3 is 4.90 Å². The average Bonchev–Trinajstić information content (AvgIpc) is 3.23. The molecule has 2 heterocycles. The predicted octanol–water partition coefficient (Wildman–Crippen LogP) is 1.67. The number of benzene rings is 2. The highest BCUT2D eigenvalue weighted by Crippen LogP contribution is 2.19. The Hall–Kier alpha value is -2.89. The van der Waals surface area contributed by atoms with E-state index in [0.717, 1.165) is 17.7 Å². The van der Waals surface area contributed by atoms with Gasteiger partial charge in [-0.15, -0.1) is 10.2 Å². The standard InChI is InChI=1S/C19H18ClFN6O3S/c20-15-3-1-14(2-4-15)19-22-24-27(23-19)13-18(28)25-9-11-26(12-10-25)31(29,30)17-7-5-16(21)6-8-17/h1-8H,9-13H2. The fraction of sp³-hybridized carbons (Fsp3) is 0.263. The summed E-state index contributed by atoms with van der Waals surface area (Å²) in [5.74, 6) is -0.367. The second-order valence-electron chi connectivity index (χ2n) is 6.89. The molecule has 1 aliphatic rings. The maximum Gasteiger partial charge on any atom is 0.246 e. The van der Waals surface area contributed by atoms with E-state index in [4.69, 9.17) is 11.6 Å². The van der Waals surface area contributed by atoms with E-state index in [1.54, 1.807) is 29.2 Å². The van der Waals surface area contributed by atoms with Crippen LogP contribution in [0, 0.1) is 5.82 Å². The van der Waals surface area contributed by atoms with Gasteiger partial charge in [-0.05, 0) is 53.7 Å². The van der Waals surface area contributed by atoms with Gasteiger partial charge in [-0.2, -0.15) is 9.10 Å². The Kier molecular flexibility index (Phi) is 5.99. The van der Waals surface area contributed by atoms with Gasteiger partial charge in [0.1, 0.15) is 12.4 Å². The van der Waals surface area contributed by atoms with Crippen molar-refractivity contribution in [3.05, 3.63) is 59.4 Å². The Morgan fingerprint density at radius 3 is 2.29 bits per heavy atom. The van der Waals surface area contributed by atoms with Crippen LogP contribution in [0.1, 0.15) is 0 Å². The Labute approximate surface area is 183 Å². The van der Waals surface area contributed by atoms with Crippen LogP contribution in [0.25, 0.3) is 11.4 Å². The monoisotopic (exact) mass is 464 g/mol. The van der Waals surface area contributed by atoms with Crippen molar-refractivity contribution < 1.29 is 17.6 Å². The van der Waals surface area contributed by atoms with E-state index >= 15 is 0 Å². The number of carbonyl (C=O) groups is 1. The molecule has 1 saturated heterocycles. The number of tetrazole rings is 1. The molecule has 4 rings (SSSR count). The normalized spacial score (nSPS) is 15.2. The fourth-order valence-corrected chi connectivity index (χ4v) is 4.73. The Morgan fingerprint density at radius 2 is 1.65 bits per heavy atom. The van der Waals surface area contributed by atoms with E-state index in [2.05, 4.69) is 15.4 Å². The fourth-order valence-electron chi connectivity index (χ4n) is 3.18. The predicted molar refractivity (Wildman–Crippen MR) is 110 cm³/mol. The van der Waals surface area contributed by atoms with Crippen LogP contribution in [0.15, 0.2) is 53.4 Å². The topological polar surface area (TPSA) is 101 Å². The van der Waals surface area contributed by atoms with E-state index in [0.29, 0.717) is 10.8 Å². The summed E-state index contributed by atoms with van der Waals surface area (Å²) < 4.78 is 39.7. The molecule has 0 radical (unpaired) electrons. The second kappa shape index (κ2) is 8.69. The number of sulfonamides is 1. The van der Waals surface area contributed by atoms with Gasteiger partial charge in [-0.3, -0.25) is 4.79 Å². The van der Waals surface area contributed by atoms with E-state index in [1.807, 2.05) is 0 Å². The minimum absolute atomic E-state index is 0.0234. The van der Waals surface area contributed by atoms with E-state index in [1.165, 1.54) is 21.2 Å². The molecule has 2 aromatic carbocycles. The lowest BCUT2D eigenvalue weighted by Gasteiger charge is -2.33. The van der Waals surface area contributed by atoms with E-state index in [9.17, 15) is 17.6 Å². The largest absolute Gasteiger partial charge is 0.338 e. The van der Waals surface area contributed by atoms with Crippen molar-refractivity contribution in [2.45, 2.75) is 11.4 Å². The van der Waals surface area contributed by atoms with Crippen molar-refractivity contribution in [3.63, 3.8) is 0 Å². The third-order valence-electron chi connectivity index (χ3n) is 4.87. The molecule has 0 unspecified atom stereocenters. The van der Waals surface area contributed by atoms with Crippen molar-refractivity contribution in [1.82, 2.24) is 29.4 Å². The highest BCUT2D eigenvalue weighted by molar-refractivity contribution is 7.89. The van der Waals surface area contributed by atoms with Crippen LogP contribution < -0.4 is 0 Å². The highest BCUT2D eigenvalue weighted by atomic mass is 35.5. The van der Waals surface area contributed by atoms with Crippen LogP contribution in [0.5, 0.6) is 0 Å². The lowest BCUT2D eigenvalue weighted by atomic mass is 10.2. The summed E-state index contributed by atoms with van der Waals surface area (Å²) in [4.78, 5) is 15.4. The molecule has 0 aliphatic carbocycles. The van der Waals surface area contributed by atoms with E-state index < -0.39 is 15.8 Å². The highest BCUT2D eigenvalue weighted by Gasteiger charge is 2.30. The molecule has 0 bridgehead atoms. The minimum atomic E-state index is -3.74. The number of aromatic nitrogens is 4. The first kappa shape index (κ1) is 21.3. The summed E-state index contributed by atoms with van der Waals surface area (Å²) in [5.41, 5.74) is 0.725. The number of halogens is 2. The zero-order valence-electron chi connectivity index (χ0n) is 16.2. The van der Waals surface area contributed by atoms with Gasteiger partial charge in [0, 0.05) is 36.8 Å². The van der Waals surface area contributed by atoms with Crippen LogP contribution in [-0.2, 0) is 21.4 Å². The maximum atomic E-state index is 13.1. The summed E-state index contributed by atoms with van der Waals surface area (Å²) in [6.07, 6.45) is 0. The molecule has 0 N–H and O–H groups in total. The third kappa shape index (κ3) is 4.73. The smallest absolute Gasteiger partial charge is 0.246 e. The summed E-state index contributed by atoms with van der Waals surface area (Å²) in [7, 11) is -3.74. The van der Waals surface area contributed by atoms with Crippen LogP contribution >= 0.6 is 11.6 Å². The Morgan fingerprint density at radius 1 is 1.00 bits per heavy atom. The number of hydrogen-bond donors (Lipinski definition) is 0. The van der Waals surface area contributed by atoms with Gasteiger partial charge in [0.25, 0.3) is 0 Å². The molecule has 12 heteroatoms. The van der Waals surface area contributed by atoms with Crippen LogP contribution in [-0.4, -0.2) is 69.9 Å². The molecule has 0 spiro atoms. The zero-order chi connectivity index (χ0) is 22.0. The number of rotatable bonds is 5. The first-order valence-corrected chi connectivity index (χ1v) is 11.2. The van der Waals surface area contributed by atoms with Crippen LogP contribution in [0.2, 0.25) is 5.02 Å². The molecule has 0 saturated carbocycles. The van der Waals surface area contributed by atoms with Gasteiger partial charge in [0.2, 0.25) is 21.8 Å². The molecule has 0 atom stereocenters. The zero-order valence-corrected chi connectivity index (χ0v) is 17.8. The number of amides is 1. The van der Waals surface area contributed by atoms with Crippen molar-refractivity contribution in [3.8, 4) is 11.4 Å². The van der Waals surface area contributed by atoms with Gasteiger partial charge in [-0.1, -0.05) is 11.6 Å². The van der Waals surface area contributed by atoms with Gasteiger partial charge in [0.15, 0.2) is 0 Å². The molecule has 1 amide bonds. The second-order valence-corrected chi connectivity index (χ2v) is 9.26. The molecule has 3 aromatic rings. The number of hydrogen-bond acceptors (Lipinski definition) is 6. The number of nitrogens with zero attached hydrogens (tertiary/aromatic N) is 6. The SMILES string of the molecule is O=C(Cn1nnc(-c2ccc(Cl)cc2)n1)N1CCN(S(=O)(=O)c2ccc(F)cc2)CC1. The third-order valence-corrected chi connectivity index (χ3v) is 7.04. The molecular formula is C19H18ClFN6O3S. The molecule has 1 fully saturated rings. The first-order chi connectivity index (χ1) is 14.8. The first-order valence-electron chi connectivity index (χ1n) is 9.40. The summed E-state index contributed by atoms with van der Waals surface area (Å²) in [5, 5.41) is 12.7. The summed E-state index contributed by atoms with van der Waals surface area (Å²) >= 11 is 5.87. The molecular weight excluding hydrogens is 447 g/mol. The molecule has 162 valence electrons. The Balaban J connectivity index is 1.35. The van der Waals surface area contributed by atoms with Crippen molar-refractivity contribution in [1.29, 1.82) is 0 Å². The number of piperazine rings is 1. The Bertz CT molecular complexity index is 1180. The summed E-state index contributed by atoms with van der Waals surface area (Å²) in [6.45, 7) is 0.653. The quantitative estimate of drug-likeness (QED) is 0.569. The molecule has 31 heavy (non-hydrogen) atoms. The van der Waals surface area contributed by atoms with Crippen LogP contribution in [0.4, 0.5) is 4.39 Å². The van der Waals surface area contributed by atoms with Gasteiger partial charge in [-0.25, -0.2) is 12.8 Å². The molecule has 1 aliphatic heterocycles. The molecule has 9 nitrogen and oxygen atoms in total. The molecule has 1 aromatic heterocycles. The minimum Gasteiger partial charge on any atom is -0.338 e. The maximum absolute atomic E-state index is 13.1. The van der Waals surface area contributed by atoms with Gasteiger partial charge >= 0.3 is 0 Å². The lowest BCUT2D eigenvalue weighted by molar-refractivity contribution is -0.133. The van der Waals surface area contributed by atoms with Crippen molar-refractivity contribution >= 4 is 27.5 Å².